The van der Waals surface area contributed by atoms with Gasteiger partial charge in [-0.3, -0.25) is 9.32 Å². The molecule has 0 spiro atoms. The average Bonchev–Trinajstić information content (AvgIpc) is 2.72. The number of carbonyl (C=O) groups is 2. The van der Waals surface area contributed by atoms with E-state index in [-0.39, 0.29) is 0 Å². The van der Waals surface area contributed by atoms with Crippen LogP contribution < -0.4 is 5.32 Å². The molecule has 0 aliphatic heterocycles. The van der Waals surface area contributed by atoms with Crippen LogP contribution in [0.1, 0.15) is 65.2 Å². The fourth-order valence-electron chi connectivity index (χ4n) is 2.78. The van der Waals surface area contributed by atoms with E-state index in [4.69, 9.17) is 14.9 Å². The molecule has 0 unspecified atom stereocenters. The first-order valence-electron chi connectivity index (χ1n) is 11.3. The first kappa shape index (κ1) is 30.8. The number of allylic oxidation sites excluding steroid dienone is 9. The van der Waals surface area contributed by atoms with E-state index >= 15 is 0 Å². The Kier molecular flexibility index (Phi) is 17.9. The third-order valence-electron chi connectivity index (χ3n) is 4.47. The number of phosphoric acid groups is 1. The number of nitrogens with one attached hydrogen (secondary N) is 1. The normalized spacial score (nSPS) is 14.8. The van der Waals surface area contributed by atoms with Gasteiger partial charge in [-0.1, -0.05) is 100 Å². The van der Waals surface area contributed by atoms with Crippen molar-refractivity contribution in [2.75, 3.05) is 0 Å². The van der Waals surface area contributed by atoms with Crippen LogP contribution in [0.15, 0.2) is 60.8 Å². The third-order valence-corrected chi connectivity index (χ3v) is 5.08. The van der Waals surface area contributed by atoms with E-state index in [9.17, 15) is 14.2 Å². The van der Waals surface area contributed by atoms with Crippen LogP contribution in [0.5, 0.6) is 0 Å². The van der Waals surface area contributed by atoms with Gasteiger partial charge in [0.15, 0.2) is 6.04 Å². The minimum Gasteiger partial charge on any atom is -0.480 e. The highest BCUT2D eigenvalue weighted by Gasteiger charge is 2.31. The number of aliphatic carboxylic acids is 1. The Balaban J connectivity index is 4.16. The molecule has 4 N–H and O–H groups in total. The predicted molar refractivity (Wildman–Crippen MR) is 130 cm³/mol. The highest BCUT2D eigenvalue weighted by Crippen LogP contribution is 2.38. The van der Waals surface area contributed by atoms with Gasteiger partial charge in [-0.2, -0.15) is 0 Å². The zero-order valence-electron chi connectivity index (χ0n) is 19.5. The summed E-state index contributed by atoms with van der Waals surface area (Å²) >= 11 is 0. The quantitative estimate of drug-likeness (QED) is 0.0935. The van der Waals surface area contributed by atoms with Crippen molar-refractivity contribution in [1.82, 2.24) is 5.32 Å². The van der Waals surface area contributed by atoms with Gasteiger partial charge < -0.3 is 20.2 Å². The summed E-state index contributed by atoms with van der Waals surface area (Å²) in [4.78, 5) is 40.5. The first-order chi connectivity index (χ1) is 15.7. The summed E-state index contributed by atoms with van der Waals surface area (Å²) in [6.07, 6.45) is 26.2. The number of rotatable bonds is 18. The molecule has 2 atom stereocenters. The number of carbonyl (C=O) groups excluding carboxylic acids is 1. The minimum atomic E-state index is -4.88. The molecule has 9 heteroatoms. The van der Waals surface area contributed by atoms with Crippen molar-refractivity contribution >= 4 is 19.7 Å². The molecule has 1 amide bonds. The molecule has 0 fully saturated rings. The maximum atomic E-state index is 11.8. The number of carboxylic acids is 1. The monoisotopic (exact) mass is 483 g/mol. The zero-order valence-corrected chi connectivity index (χ0v) is 20.4. The van der Waals surface area contributed by atoms with Crippen LogP contribution in [0.25, 0.3) is 0 Å². The molecule has 0 radical (unpaired) electrons. The number of hydrogen-bond donors (Lipinski definition) is 4. The number of hydrogen-bond acceptors (Lipinski definition) is 4. The molecule has 0 aliphatic rings. The van der Waals surface area contributed by atoms with Crippen LogP contribution in [0, 0.1) is 0 Å². The number of amides is 1. The van der Waals surface area contributed by atoms with Crippen molar-refractivity contribution in [2.45, 2.75) is 77.4 Å². The Bertz CT molecular complexity index is 750. The molecule has 0 saturated heterocycles. The second-order valence-corrected chi connectivity index (χ2v) is 8.67. The van der Waals surface area contributed by atoms with Crippen molar-refractivity contribution in [1.29, 1.82) is 0 Å². The van der Waals surface area contributed by atoms with E-state index in [1.165, 1.54) is 51.0 Å². The number of phosphoric ester groups is 1. The molecule has 33 heavy (non-hydrogen) atoms. The van der Waals surface area contributed by atoms with Crippen molar-refractivity contribution in [3.63, 3.8) is 0 Å². The molecule has 0 aliphatic carbocycles. The summed E-state index contributed by atoms with van der Waals surface area (Å²) in [6.45, 7) is 3.37. The second-order valence-electron chi connectivity index (χ2n) is 7.48. The van der Waals surface area contributed by atoms with Crippen LogP contribution >= 0.6 is 7.82 Å². The summed E-state index contributed by atoms with van der Waals surface area (Å²) in [5.41, 5.74) is 0. The van der Waals surface area contributed by atoms with Crippen LogP contribution in [-0.2, 0) is 18.7 Å². The van der Waals surface area contributed by atoms with Gasteiger partial charge in [0.05, 0.1) is 6.10 Å². The van der Waals surface area contributed by atoms with Gasteiger partial charge in [-0.15, -0.1) is 0 Å². The lowest BCUT2D eigenvalue weighted by Gasteiger charge is -2.21. The Morgan fingerprint density at radius 3 is 1.94 bits per heavy atom. The van der Waals surface area contributed by atoms with Crippen LogP contribution in [0.4, 0.5) is 0 Å². The van der Waals surface area contributed by atoms with Crippen LogP contribution in [0.3, 0.4) is 0 Å². The molecule has 8 nitrogen and oxygen atoms in total. The third kappa shape index (κ3) is 20.1. The van der Waals surface area contributed by atoms with Gasteiger partial charge in [-0.25, -0.2) is 9.36 Å². The first-order valence-corrected chi connectivity index (χ1v) is 12.8. The zero-order chi connectivity index (χ0) is 25.0. The van der Waals surface area contributed by atoms with E-state index < -0.39 is 31.8 Å². The molecular weight excluding hydrogens is 445 g/mol. The van der Waals surface area contributed by atoms with Gasteiger partial charge in [0.1, 0.15) is 0 Å². The minimum absolute atomic E-state index is 0.733. The van der Waals surface area contributed by atoms with Crippen LogP contribution in [0.2, 0.25) is 0 Å². The maximum absolute atomic E-state index is 11.8. The van der Waals surface area contributed by atoms with E-state index in [2.05, 4.69) is 22.8 Å². The summed E-state index contributed by atoms with van der Waals surface area (Å²) in [7, 11) is -4.88. The maximum Gasteiger partial charge on any atom is 0.469 e. The summed E-state index contributed by atoms with van der Waals surface area (Å²) in [5, 5.41) is 11.2. The van der Waals surface area contributed by atoms with Crippen LogP contribution in [-0.4, -0.2) is 38.9 Å². The molecule has 0 aromatic heterocycles. The van der Waals surface area contributed by atoms with E-state index in [0.717, 1.165) is 19.4 Å². The highest BCUT2D eigenvalue weighted by atomic mass is 31.2. The van der Waals surface area contributed by atoms with E-state index in [1.807, 2.05) is 24.3 Å². The van der Waals surface area contributed by atoms with Crippen molar-refractivity contribution in [3.05, 3.63) is 60.8 Å². The summed E-state index contributed by atoms with van der Waals surface area (Å²) in [6, 6.07) is -1.61. The molecular formula is C24H38NO7P. The summed E-state index contributed by atoms with van der Waals surface area (Å²) < 4.78 is 15.1. The van der Waals surface area contributed by atoms with Gasteiger partial charge in [0.2, 0.25) is 5.91 Å². The molecule has 186 valence electrons. The van der Waals surface area contributed by atoms with E-state index in [0.29, 0.717) is 0 Å². The van der Waals surface area contributed by atoms with Crippen molar-refractivity contribution in [2.24, 2.45) is 0 Å². The standard InChI is InChI=1S/C24H38NO7P/c1-3-4-5-6-7-8-9-10-11-12-13-14-15-16-17-18-19-20-22(26)25-23(24(27)28)21(2)32-33(29,30)31/h11-21,23H,3-10H2,1-2H3,(H,25,26)(H,27,28)(H2,29,30,31)/t21-,23+/m1/s1. The predicted octanol–water partition coefficient (Wildman–Crippen LogP) is 4.98. The number of carboxylic acid groups (broad SMARTS) is 1. The Labute approximate surface area is 197 Å². The fraction of sp³-hybridized carbons (Fsp3) is 0.500. The lowest BCUT2D eigenvalue weighted by molar-refractivity contribution is -0.143. The van der Waals surface area contributed by atoms with Gasteiger partial charge in [-0.05, 0) is 19.8 Å². The van der Waals surface area contributed by atoms with Gasteiger partial charge >= 0.3 is 13.8 Å². The molecule has 0 aromatic rings. The molecule has 0 heterocycles. The Morgan fingerprint density at radius 1 is 0.879 bits per heavy atom. The molecule has 0 aromatic carbocycles. The SMILES string of the molecule is CCCCCCCCCC=CC=CC=CC=CC=CC(=O)N[C@H](C(=O)O)[C@@H](C)OP(=O)(O)O. The smallest absolute Gasteiger partial charge is 0.469 e. The lowest BCUT2D eigenvalue weighted by atomic mass is 10.1. The summed E-state index contributed by atoms with van der Waals surface area (Å²) in [5.74, 6) is -2.21. The van der Waals surface area contributed by atoms with Gasteiger partial charge in [0, 0.05) is 6.08 Å². The van der Waals surface area contributed by atoms with Crippen molar-refractivity contribution < 1.29 is 33.6 Å². The molecule has 0 saturated carbocycles. The number of unbranched alkanes of at least 4 members (excludes halogenated alkanes) is 7. The molecule has 0 bridgehead atoms. The van der Waals surface area contributed by atoms with Crippen molar-refractivity contribution in [3.8, 4) is 0 Å². The Morgan fingerprint density at radius 2 is 1.39 bits per heavy atom. The van der Waals surface area contributed by atoms with E-state index in [1.54, 1.807) is 18.2 Å². The second kappa shape index (κ2) is 19.2. The molecule has 0 rings (SSSR count). The lowest BCUT2D eigenvalue weighted by Crippen LogP contribution is -2.47. The fourth-order valence-corrected chi connectivity index (χ4v) is 3.34. The average molecular weight is 484 g/mol. The highest BCUT2D eigenvalue weighted by molar-refractivity contribution is 7.46. The Hall–Kier alpha value is -2.25. The van der Waals surface area contributed by atoms with Gasteiger partial charge in [0.25, 0.3) is 0 Å². The largest absolute Gasteiger partial charge is 0.480 e. The topological polar surface area (TPSA) is 133 Å².